The van der Waals surface area contributed by atoms with Crippen molar-refractivity contribution >= 4 is 0 Å². The van der Waals surface area contributed by atoms with E-state index < -0.39 is 0 Å². The lowest BCUT2D eigenvalue weighted by Crippen LogP contribution is -2.06. The number of methoxy groups -OCH3 is 1. The quantitative estimate of drug-likeness (QED) is 0.824. The lowest BCUT2D eigenvalue weighted by Gasteiger charge is -2.16. The van der Waals surface area contributed by atoms with Crippen molar-refractivity contribution in [3.8, 4) is 5.75 Å². The van der Waals surface area contributed by atoms with E-state index in [1.165, 1.54) is 16.7 Å². The van der Waals surface area contributed by atoms with Gasteiger partial charge in [0.2, 0.25) is 0 Å². The molecule has 15 heavy (non-hydrogen) atoms. The number of hydrogen-bond acceptors (Lipinski definition) is 2. The zero-order valence-corrected chi connectivity index (χ0v) is 10.1. The minimum Gasteiger partial charge on any atom is -0.496 e. The molecule has 0 radical (unpaired) electrons. The topological polar surface area (TPSA) is 35.2 Å². The fourth-order valence-electron chi connectivity index (χ4n) is 1.97. The molecule has 2 nitrogen and oxygen atoms in total. The van der Waals surface area contributed by atoms with Gasteiger partial charge >= 0.3 is 0 Å². The van der Waals surface area contributed by atoms with Gasteiger partial charge in [-0.05, 0) is 55.5 Å². The summed E-state index contributed by atoms with van der Waals surface area (Å²) in [5.41, 5.74) is 9.46. The first-order valence-electron chi connectivity index (χ1n) is 5.45. The van der Waals surface area contributed by atoms with Crippen LogP contribution < -0.4 is 10.5 Å². The lowest BCUT2D eigenvalue weighted by atomic mass is 9.92. The zero-order chi connectivity index (χ0) is 11.4. The van der Waals surface area contributed by atoms with Gasteiger partial charge < -0.3 is 10.5 Å². The Morgan fingerprint density at radius 2 is 1.93 bits per heavy atom. The molecule has 1 rings (SSSR count). The van der Waals surface area contributed by atoms with Crippen LogP contribution in [-0.2, 0) is 0 Å². The smallest absolute Gasteiger partial charge is 0.122 e. The number of hydrogen-bond donors (Lipinski definition) is 1. The largest absolute Gasteiger partial charge is 0.496 e. The molecular formula is C13H21NO. The summed E-state index contributed by atoms with van der Waals surface area (Å²) in [6.07, 6.45) is 1.03. The first kappa shape index (κ1) is 12.1. The van der Waals surface area contributed by atoms with Crippen molar-refractivity contribution in [2.75, 3.05) is 13.7 Å². The molecule has 0 bridgehead atoms. The van der Waals surface area contributed by atoms with E-state index >= 15 is 0 Å². The van der Waals surface area contributed by atoms with Crippen molar-refractivity contribution in [1.29, 1.82) is 0 Å². The molecule has 0 aliphatic rings. The number of benzene rings is 1. The Morgan fingerprint density at radius 3 is 2.47 bits per heavy atom. The Hall–Kier alpha value is -1.02. The standard InChI is InChI=1S/C13H21NO/c1-9(5-6-14)12-7-11(3)13(15-4)8-10(12)2/h7-9H,5-6,14H2,1-4H3. The Kier molecular flexibility index (Phi) is 4.15. The summed E-state index contributed by atoms with van der Waals surface area (Å²) in [4.78, 5) is 0. The molecule has 0 amide bonds. The Labute approximate surface area is 92.4 Å². The molecular weight excluding hydrogens is 186 g/mol. The highest BCUT2D eigenvalue weighted by atomic mass is 16.5. The van der Waals surface area contributed by atoms with Crippen molar-refractivity contribution in [2.45, 2.75) is 33.1 Å². The van der Waals surface area contributed by atoms with Crippen LogP contribution in [0.4, 0.5) is 0 Å². The van der Waals surface area contributed by atoms with E-state index in [9.17, 15) is 0 Å². The van der Waals surface area contributed by atoms with Crippen molar-refractivity contribution in [3.63, 3.8) is 0 Å². The summed E-state index contributed by atoms with van der Waals surface area (Å²) in [5.74, 6) is 1.50. The van der Waals surface area contributed by atoms with Crippen LogP contribution in [0.5, 0.6) is 5.75 Å². The minimum absolute atomic E-state index is 0.527. The van der Waals surface area contributed by atoms with E-state index in [0.717, 1.165) is 18.7 Å². The Bertz CT molecular complexity index is 334. The summed E-state index contributed by atoms with van der Waals surface area (Å²) in [7, 11) is 1.71. The number of nitrogens with two attached hydrogens (primary N) is 1. The zero-order valence-electron chi connectivity index (χ0n) is 10.1. The summed E-state index contributed by atoms with van der Waals surface area (Å²) < 4.78 is 5.30. The van der Waals surface area contributed by atoms with E-state index in [2.05, 4.69) is 32.9 Å². The monoisotopic (exact) mass is 207 g/mol. The highest BCUT2D eigenvalue weighted by Gasteiger charge is 2.10. The van der Waals surface area contributed by atoms with Gasteiger partial charge in [-0.25, -0.2) is 0 Å². The third kappa shape index (κ3) is 2.72. The molecule has 0 heterocycles. The van der Waals surface area contributed by atoms with Crippen LogP contribution in [0.2, 0.25) is 0 Å². The first-order chi connectivity index (χ1) is 7.10. The minimum atomic E-state index is 0.527. The first-order valence-corrected chi connectivity index (χ1v) is 5.45. The van der Waals surface area contributed by atoms with E-state index in [0.29, 0.717) is 5.92 Å². The number of ether oxygens (including phenoxy) is 1. The Balaban J connectivity index is 3.04. The molecule has 0 spiro atoms. The third-order valence-electron chi connectivity index (χ3n) is 2.91. The van der Waals surface area contributed by atoms with Crippen LogP contribution in [0, 0.1) is 13.8 Å². The average Bonchev–Trinajstić information content (AvgIpc) is 2.21. The molecule has 2 heteroatoms. The summed E-state index contributed by atoms with van der Waals surface area (Å²) in [6.45, 7) is 7.17. The maximum atomic E-state index is 5.59. The molecule has 0 fully saturated rings. The average molecular weight is 207 g/mol. The molecule has 0 aromatic heterocycles. The lowest BCUT2D eigenvalue weighted by molar-refractivity contribution is 0.411. The van der Waals surface area contributed by atoms with Gasteiger partial charge in [-0.15, -0.1) is 0 Å². The maximum absolute atomic E-state index is 5.59. The molecule has 0 aliphatic carbocycles. The fraction of sp³-hybridized carbons (Fsp3) is 0.538. The van der Waals surface area contributed by atoms with Crippen molar-refractivity contribution in [1.82, 2.24) is 0 Å². The van der Waals surface area contributed by atoms with E-state index in [1.807, 2.05) is 0 Å². The van der Waals surface area contributed by atoms with Crippen molar-refractivity contribution in [2.24, 2.45) is 5.73 Å². The van der Waals surface area contributed by atoms with Gasteiger partial charge in [-0.3, -0.25) is 0 Å². The van der Waals surface area contributed by atoms with Gasteiger partial charge in [0.15, 0.2) is 0 Å². The van der Waals surface area contributed by atoms with Gasteiger partial charge in [0.25, 0.3) is 0 Å². The van der Waals surface area contributed by atoms with Crippen LogP contribution in [0.1, 0.15) is 36.0 Å². The van der Waals surface area contributed by atoms with E-state index in [4.69, 9.17) is 10.5 Å². The Morgan fingerprint density at radius 1 is 1.27 bits per heavy atom. The summed E-state index contributed by atoms with van der Waals surface area (Å²) in [5, 5.41) is 0. The second-order valence-corrected chi connectivity index (χ2v) is 4.16. The van der Waals surface area contributed by atoms with E-state index in [1.54, 1.807) is 7.11 Å². The second-order valence-electron chi connectivity index (χ2n) is 4.16. The van der Waals surface area contributed by atoms with Crippen LogP contribution in [0.25, 0.3) is 0 Å². The maximum Gasteiger partial charge on any atom is 0.122 e. The molecule has 84 valence electrons. The van der Waals surface area contributed by atoms with Gasteiger partial charge in [0, 0.05) is 0 Å². The van der Waals surface area contributed by atoms with Gasteiger partial charge in [-0.1, -0.05) is 13.0 Å². The predicted octanol–water partition coefficient (Wildman–Crippen LogP) is 2.76. The number of aryl methyl sites for hydroxylation is 2. The van der Waals surface area contributed by atoms with Crippen molar-refractivity contribution < 1.29 is 4.74 Å². The van der Waals surface area contributed by atoms with Gasteiger partial charge in [0.05, 0.1) is 7.11 Å². The SMILES string of the molecule is COc1cc(C)c(C(C)CCN)cc1C. The molecule has 0 aliphatic heterocycles. The molecule has 0 saturated heterocycles. The molecule has 2 N–H and O–H groups in total. The third-order valence-corrected chi connectivity index (χ3v) is 2.91. The highest BCUT2D eigenvalue weighted by molar-refractivity contribution is 5.42. The predicted molar refractivity (Wildman–Crippen MR) is 64.6 cm³/mol. The highest BCUT2D eigenvalue weighted by Crippen LogP contribution is 2.28. The van der Waals surface area contributed by atoms with Crippen LogP contribution in [0.3, 0.4) is 0 Å². The van der Waals surface area contributed by atoms with Crippen LogP contribution >= 0.6 is 0 Å². The molecule has 1 unspecified atom stereocenters. The van der Waals surface area contributed by atoms with Gasteiger partial charge in [0.1, 0.15) is 5.75 Å². The molecule has 1 aromatic rings. The molecule has 1 atom stereocenters. The summed E-state index contributed by atoms with van der Waals surface area (Å²) >= 11 is 0. The second kappa shape index (κ2) is 5.17. The molecule has 1 aromatic carbocycles. The van der Waals surface area contributed by atoms with Crippen LogP contribution in [-0.4, -0.2) is 13.7 Å². The number of rotatable bonds is 4. The van der Waals surface area contributed by atoms with Crippen molar-refractivity contribution in [3.05, 3.63) is 28.8 Å². The van der Waals surface area contributed by atoms with Gasteiger partial charge in [-0.2, -0.15) is 0 Å². The normalized spacial score (nSPS) is 12.6. The van der Waals surface area contributed by atoms with Crippen LogP contribution in [0.15, 0.2) is 12.1 Å². The fourth-order valence-corrected chi connectivity index (χ4v) is 1.97. The summed E-state index contributed by atoms with van der Waals surface area (Å²) in [6, 6.07) is 4.33. The van der Waals surface area contributed by atoms with E-state index in [-0.39, 0.29) is 0 Å². The molecule has 0 saturated carbocycles.